The molecule has 0 aliphatic carbocycles. The van der Waals surface area contributed by atoms with Crippen molar-refractivity contribution in [1.29, 1.82) is 0 Å². The van der Waals surface area contributed by atoms with Crippen LogP contribution in [-0.4, -0.2) is 24.8 Å². The predicted octanol–water partition coefficient (Wildman–Crippen LogP) is 2.90. The van der Waals surface area contributed by atoms with E-state index in [4.69, 9.17) is 4.74 Å². The van der Waals surface area contributed by atoms with Crippen LogP contribution >= 0.6 is 0 Å². The van der Waals surface area contributed by atoms with Gasteiger partial charge in [-0.2, -0.15) is 0 Å². The number of nitrogens with one attached hydrogen (secondary N) is 2. The van der Waals surface area contributed by atoms with Crippen molar-refractivity contribution in [3.8, 4) is 0 Å². The predicted molar refractivity (Wildman–Crippen MR) is 69.1 cm³/mol. The Morgan fingerprint density at radius 1 is 1.21 bits per heavy atom. The van der Waals surface area contributed by atoms with Crippen molar-refractivity contribution in [3.63, 3.8) is 0 Å². The number of carbonyl (C=O) groups is 1. The largest absolute Gasteiger partial charge is 0.444 e. The lowest BCUT2D eigenvalue weighted by Crippen LogP contribution is -2.35. The third kappa shape index (κ3) is 5.54. The summed E-state index contributed by atoms with van der Waals surface area (Å²) in [7, 11) is 0. The Morgan fingerprint density at radius 3 is 2.32 bits per heavy atom. The second-order valence-electron chi connectivity index (χ2n) is 4.95. The highest BCUT2D eigenvalue weighted by Gasteiger charge is 2.15. The molecule has 1 amide bonds. The van der Waals surface area contributed by atoms with Gasteiger partial charge in [0.05, 0.1) is 0 Å². The molecule has 4 nitrogen and oxygen atoms in total. The van der Waals surface area contributed by atoms with E-state index in [0.717, 1.165) is 12.1 Å². The van der Waals surface area contributed by atoms with Crippen molar-refractivity contribution >= 4 is 11.8 Å². The standard InChI is InChI=1S/C13H18F2N2O2/c1-13(2,3)19-12(18)17-8-7-16-11-9(14)5-4-6-10(11)15/h4-6,16H,7-8H2,1-3H3,(H,17,18). The monoisotopic (exact) mass is 272 g/mol. The zero-order valence-electron chi connectivity index (χ0n) is 11.2. The molecule has 0 atom stereocenters. The van der Waals surface area contributed by atoms with Gasteiger partial charge in [0.2, 0.25) is 0 Å². The molecule has 0 saturated heterocycles. The molecule has 2 N–H and O–H groups in total. The molecule has 0 aromatic heterocycles. The van der Waals surface area contributed by atoms with Crippen LogP contribution in [0.25, 0.3) is 0 Å². The van der Waals surface area contributed by atoms with Crippen LogP contribution in [0.2, 0.25) is 0 Å². The van der Waals surface area contributed by atoms with Gasteiger partial charge in [-0.15, -0.1) is 0 Å². The highest BCUT2D eigenvalue weighted by molar-refractivity contribution is 5.67. The van der Waals surface area contributed by atoms with E-state index in [1.54, 1.807) is 20.8 Å². The van der Waals surface area contributed by atoms with E-state index >= 15 is 0 Å². The second-order valence-corrected chi connectivity index (χ2v) is 4.95. The van der Waals surface area contributed by atoms with Crippen molar-refractivity contribution in [2.45, 2.75) is 26.4 Å². The first-order valence-corrected chi connectivity index (χ1v) is 5.94. The van der Waals surface area contributed by atoms with Gasteiger partial charge >= 0.3 is 6.09 Å². The lowest BCUT2D eigenvalue weighted by Gasteiger charge is -2.19. The van der Waals surface area contributed by atoms with Gasteiger partial charge in [0.1, 0.15) is 22.9 Å². The molecule has 0 radical (unpaired) electrons. The van der Waals surface area contributed by atoms with Crippen LogP contribution in [0.3, 0.4) is 0 Å². The molecule has 0 heterocycles. The Labute approximate surface area is 111 Å². The SMILES string of the molecule is CC(C)(C)OC(=O)NCCNc1c(F)cccc1F. The van der Waals surface area contributed by atoms with Crippen molar-refractivity contribution in [2.75, 3.05) is 18.4 Å². The Hall–Kier alpha value is -1.85. The van der Waals surface area contributed by atoms with E-state index in [0.29, 0.717) is 0 Å². The molecule has 0 bridgehead atoms. The molecule has 106 valence electrons. The Bertz CT molecular complexity index is 425. The number of anilines is 1. The van der Waals surface area contributed by atoms with E-state index in [1.165, 1.54) is 6.07 Å². The van der Waals surface area contributed by atoms with E-state index in [9.17, 15) is 13.6 Å². The molecule has 1 rings (SSSR count). The first-order chi connectivity index (χ1) is 8.79. The summed E-state index contributed by atoms with van der Waals surface area (Å²) in [6.07, 6.45) is -0.566. The van der Waals surface area contributed by atoms with Gasteiger partial charge in [0.15, 0.2) is 0 Å². The molecule has 19 heavy (non-hydrogen) atoms. The maximum atomic E-state index is 13.2. The minimum absolute atomic E-state index is 0.192. The van der Waals surface area contributed by atoms with Gasteiger partial charge in [-0.1, -0.05) is 6.07 Å². The summed E-state index contributed by atoms with van der Waals surface area (Å²) < 4.78 is 31.5. The van der Waals surface area contributed by atoms with Crippen LogP contribution in [-0.2, 0) is 4.74 Å². The average molecular weight is 272 g/mol. The number of rotatable bonds is 4. The minimum atomic E-state index is -0.669. The van der Waals surface area contributed by atoms with E-state index in [-0.39, 0.29) is 18.8 Å². The molecule has 0 unspecified atom stereocenters. The maximum absolute atomic E-state index is 13.2. The molecule has 0 saturated carbocycles. The zero-order chi connectivity index (χ0) is 14.5. The average Bonchev–Trinajstić information content (AvgIpc) is 2.25. The quantitative estimate of drug-likeness (QED) is 0.829. The topological polar surface area (TPSA) is 50.4 Å². The zero-order valence-corrected chi connectivity index (χ0v) is 11.2. The number of hydrogen-bond donors (Lipinski definition) is 2. The smallest absolute Gasteiger partial charge is 0.407 e. The summed E-state index contributed by atoms with van der Waals surface area (Å²) in [4.78, 5) is 11.3. The molecule has 6 heteroatoms. The van der Waals surface area contributed by atoms with Crippen molar-refractivity contribution in [2.24, 2.45) is 0 Å². The van der Waals surface area contributed by atoms with Gasteiger partial charge in [-0.3, -0.25) is 0 Å². The van der Waals surface area contributed by atoms with Gasteiger partial charge in [0.25, 0.3) is 0 Å². The first-order valence-electron chi connectivity index (χ1n) is 5.94. The van der Waals surface area contributed by atoms with Crippen LogP contribution in [0.1, 0.15) is 20.8 Å². The number of para-hydroxylation sites is 1. The third-order valence-corrected chi connectivity index (χ3v) is 2.06. The number of benzene rings is 1. The summed E-state index contributed by atoms with van der Waals surface area (Å²) in [5.41, 5.74) is -0.775. The fourth-order valence-electron chi connectivity index (χ4n) is 1.33. The normalized spacial score (nSPS) is 11.0. The number of amides is 1. The molecular weight excluding hydrogens is 254 g/mol. The first kappa shape index (κ1) is 15.2. The lowest BCUT2D eigenvalue weighted by atomic mass is 10.2. The van der Waals surface area contributed by atoms with Gasteiger partial charge in [0, 0.05) is 13.1 Å². The Balaban J connectivity index is 2.34. The van der Waals surface area contributed by atoms with Gasteiger partial charge < -0.3 is 15.4 Å². The fourth-order valence-corrected chi connectivity index (χ4v) is 1.33. The van der Waals surface area contributed by atoms with Crippen molar-refractivity contribution in [3.05, 3.63) is 29.8 Å². The second kappa shape index (κ2) is 6.36. The van der Waals surface area contributed by atoms with Crippen molar-refractivity contribution in [1.82, 2.24) is 5.32 Å². The Morgan fingerprint density at radius 2 is 1.79 bits per heavy atom. The number of carbonyl (C=O) groups excluding carboxylic acids is 1. The highest BCUT2D eigenvalue weighted by Crippen LogP contribution is 2.17. The molecule has 0 aliphatic rings. The fraction of sp³-hybridized carbons (Fsp3) is 0.462. The minimum Gasteiger partial charge on any atom is -0.444 e. The summed E-state index contributed by atoms with van der Waals surface area (Å²) in [5.74, 6) is -1.34. The van der Waals surface area contributed by atoms with Crippen molar-refractivity contribution < 1.29 is 18.3 Å². The van der Waals surface area contributed by atoms with Crippen LogP contribution < -0.4 is 10.6 Å². The molecule has 0 fully saturated rings. The van der Waals surface area contributed by atoms with Crippen LogP contribution in [0.4, 0.5) is 19.3 Å². The third-order valence-electron chi connectivity index (χ3n) is 2.06. The number of ether oxygens (including phenoxy) is 1. The van der Waals surface area contributed by atoms with Crippen LogP contribution in [0, 0.1) is 11.6 Å². The summed E-state index contributed by atoms with van der Waals surface area (Å²) in [6.45, 7) is 5.64. The van der Waals surface area contributed by atoms with Gasteiger partial charge in [-0.05, 0) is 32.9 Å². The van der Waals surface area contributed by atoms with E-state index in [2.05, 4.69) is 10.6 Å². The van der Waals surface area contributed by atoms with Gasteiger partial charge in [-0.25, -0.2) is 13.6 Å². The number of halogens is 2. The van der Waals surface area contributed by atoms with E-state index in [1.807, 2.05) is 0 Å². The maximum Gasteiger partial charge on any atom is 0.407 e. The van der Waals surface area contributed by atoms with Crippen LogP contribution in [0.15, 0.2) is 18.2 Å². The molecule has 1 aromatic carbocycles. The van der Waals surface area contributed by atoms with Crippen LogP contribution in [0.5, 0.6) is 0 Å². The van der Waals surface area contributed by atoms with E-state index < -0.39 is 23.3 Å². The lowest BCUT2D eigenvalue weighted by molar-refractivity contribution is 0.0530. The summed E-state index contributed by atoms with van der Waals surface area (Å²) in [6, 6.07) is 3.61. The molecule has 1 aromatic rings. The molecule has 0 aliphatic heterocycles. The Kier molecular flexibility index (Phi) is 5.09. The number of alkyl carbamates (subject to hydrolysis) is 1. The summed E-state index contributed by atoms with van der Waals surface area (Å²) in [5, 5.41) is 5.06. The molecular formula is C13H18F2N2O2. The number of hydrogen-bond acceptors (Lipinski definition) is 3. The highest BCUT2D eigenvalue weighted by atomic mass is 19.1. The summed E-state index contributed by atoms with van der Waals surface area (Å²) >= 11 is 0. The molecule has 0 spiro atoms.